The molecular weight excluding hydrogens is 236 g/mol. The van der Waals surface area contributed by atoms with E-state index in [1.165, 1.54) is 12.0 Å². The van der Waals surface area contributed by atoms with Crippen LogP contribution in [0.3, 0.4) is 0 Å². The number of nitrogens with zero attached hydrogens (tertiary/aromatic N) is 2. The number of nitrogens with one attached hydrogen (secondary N) is 2. The first-order chi connectivity index (χ1) is 9.22. The van der Waals surface area contributed by atoms with Crippen molar-refractivity contribution < 1.29 is 0 Å². The molecule has 4 heteroatoms. The van der Waals surface area contributed by atoms with E-state index in [1.54, 1.807) is 6.33 Å². The molecule has 1 heterocycles. The fraction of sp³-hybridized carbons (Fsp3) is 0.733. The lowest BCUT2D eigenvalue weighted by molar-refractivity contribution is 0.592. The van der Waals surface area contributed by atoms with Crippen LogP contribution in [-0.4, -0.2) is 23.1 Å². The van der Waals surface area contributed by atoms with E-state index in [2.05, 4.69) is 48.3 Å². The average Bonchev–Trinajstić information content (AvgIpc) is 2.44. The lowest BCUT2D eigenvalue weighted by Gasteiger charge is -2.16. The van der Waals surface area contributed by atoms with E-state index in [1.807, 2.05) is 0 Å². The summed E-state index contributed by atoms with van der Waals surface area (Å²) in [5.41, 5.74) is 1.22. The molecule has 0 fully saturated rings. The Morgan fingerprint density at radius 2 is 1.74 bits per heavy atom. The summed E-state index contributed by atoms with van der Waals surface area (Å²) >= 11 is 0. The Balaban J connectivity index is 2.82. The first-order valence-corrected chi connectivity index (χ1v) is 7.54. The Hall–Kier alpha value is -1.32. The predicted octanol–water partition coefficient (Wildman–Crippen LogP) is 3.71. The maximum atomic E-state index is 4.41. The molecule has 0 saturated heterocycles. The van der Waals surface area contributed by atoms with Crippen molar-refractivity contribution >= 4 is 11.6 Å². The van der Waals surface area contributed by atoms with Crippen molar-refractivity contribution in [2.75, 3.05) is 23.7 Å². The van der Waals surface area contributed by atoms with Gasteiger partial charge in [0, 0.05) is 18.7 Å². The summed E-state index contributed by atoms with van der Waals surface area (Å²) < 4.78 is 0. The van der Waals surface area contributed by atoms with E-state index in [0.29, 0.717) is 5.92 Å². The molecule has 0 aliphatic carbocycles. The molecule has 1 aromatic rings. The third-order valence-electron chi connectivity index (χ3n) is 3.30. The van der Waals surface area contributed by atoms with Gasteiger partial charge in [0.25, 0.3) is 0 Å². The van der Waals surface area contributed by atoms with Crippen LogP contribution in [0.4, 0.5) is 11.6 Å². The molecule has 1 aromatic heterocycles. The van der Waals surface area contributed by atoms with Gasteiger partial charge in [-0.3, -0.25) is 0 Å². The first-order valence-electron chi connectivity index (χ1n) is 7.54. The highest BCUT2D eigenvalue weighted by Crippen LogP contribution is 2.22. The van der Waals surface area contributed by atoms with Crippen molar-refractivity contribution in [2.24, 2.45) is 5.92 Å². The molecule has 1 atom stereocenters. The van der Waals surface area contributed by atoms with Crippen LogP contribution >= 0.6 is 0 Å². The third kappa shape index (κ3) is 5.05. The summed E-state index contributed by atoms with van der Waals surface area (Å²) in [4.78, 5) is 8.79. The molecule has 108 valence electrons. The van der Waals surface area contributed by atoms with Gasteiger partial charge in [0.05, 0.1) is 0 Å². The van der Waals surface area contributed by atoms with Gasteiger partial charge in [-0.05, 0) is 18.8 Å². The molecule has 0 saturated carbocycles. The van der Waals surface area contributed by atoms with Gasteiger partial charge in [-0.25, -0.2) is 9.97 Å². The lowest BCUT2D eigenvalue weighted by Crippen LogP contribution is -2.15. The standard InChI is InChI=1S/C15H28N4/c1-5-8-13-14(16-9-6-2)18-11-19-15(13)17-10-12(4)7-3/h11-12H,5-10H2,1-4H3,(H2,16,17,18,19). The summed E-state index contributed by atoms with van der Waals surface area (Å²) in [7, 11) is 0. The van der Waals surface area contributed by atoms with E-state index in [-0.39, 0.29) is 0 Å². The highest BCUT2D eigenvalue weighted by atomic mass is 15.1. The van der Waals surface area contributed by atoms with Gasteiger partial charge in [0.15, 0.2) is 0 Å². The van der Waals surface area contributed by atoms with Crippen LogP contribution in [-0.2, 0) is 6.42 Å². The summed E-state index contributed by atoms with van der Waals surface area (Å²) in [6, 6.07) is 0. The van der Waals surface area contributed by atoms with Crippen LogP contribution in [0, 0.1) is 5.92 Å². The van der Waals surface area contributed by atoms with Crippen LogP contribution in [0.1, 0.15) is 52.5 Å². The molecule has 19 heavy (non-hydrogen) atoms. The maximum Gasteiger partial charge on any atom is 0.134 e. The molecule has 0 aromatic carbocycles. The number of hydrogen-bond acceptors (Lipinski definition) is 4. The minimum absolute atomic E-state index is 0.663. The zero-order valence-electron chi connectivity index (χ0n) is 12.8. The van der Waals surface area contributed by atoms with Gasteiger partial charge in [-0.1, -0.05) is 40.5 Å². The Morgan fingerprint density at radius 1 is 1.05 bits per heavy atom. The van der Waals surface area contributed by atoms with Crippen LogP contribution in [0.5, 0.6) is 0 Å². The highest BCUT2D eigenvalue weighted by Gasteiger charge is 2.10. The number of rotatable bonds is 9. The summed E-state index contributed by atoms with van der Waals surface area (Å²) in [5.74, 6) is 2.65. The minimum atomic E-state index is 0.663. The van der Waals surface area contributed by atoms with Gasteiger partial charge in [-0.15, -0.1) is 0 Å². The van der Waals surface area contributed by atoms with Crippen LogP contribution < -0.4 is 10.6 Å². The highest BCUT2D eigenvalue weighted by molar-refractivity contribution is 5.57. The van der Waals surface area contributed by atoms with Crippen molar-refractivity contribution in [3.05, 3.63) is 11.9 Å². The predicted molar refractivity (Wildman–Crippen MR) is 82.8 cm³/mol. The van der Waals surface area contributed by atoms with Crippen molar-refractivity contribution in [3.63, 3.8) is 0 Å². The first kappa shape index (κ1) is 15.7. The Bertz CT molecular complexity index is 365. The average molecular weight is 264 g/mol. The van der Waals surface area contributed by atoms with Gasteiger partial charge in [-0.2, -0.15) is 0 Å². The second-order valence-corrected chi connectivity index (χ2v) is 5.12. The van der Waals surface area contributed by atoms with Gasteiger partial charge < -0.3 is 10.6 Å². The topological polar surface area (TPSA) is 49.8 Å². The summed E-state index contributed by atoms with van der Waals surface area (Å²) in [5, 5.41) is 6.87. The fourth-order valence-corrected chi connectivity index (χ4v) is 1.86. The molecule has 2 N–H and O–H groups in total. The van der Waals surface area contributed by atoms with Gasteiger partial charge >= 0.3 is 0 Å². The second-order valence-electron chi connectivity index (χ2n) is 5.12. The number of aromatic nitrogens is 2. The van der Waals surface area contributed by atoms with E-state index in [0.717, 1.165) is 44.0 Å². The van der Waals surface area contributed by atoms with E-state index >= 15 is 0 Å². The Kier molecular flexibility index (Phi) is 7.23. The number of anilines is 2. The zero-order valence-corrected chi connectivity index (χ0v) is 12.8. The SMILES string of the molecule is CCCNc1ncnc(NCC(C)CC)c1CCC. The molecule has 0 aliphatic rings. The molecule has 1 rings (SSSR count). The summed E-state index contributed by atoms with van der Waals surface area (Å²) in [6.45, 7) is 10.7. The van der Waals surface area contributed by atoms with Gasteiger partial charge in [0.2, 0.25) is 0 Å². The van der Waals surface area contributed by atoms with E-state index in [9.17, 15) is 0 Å². The van der Waals surface area contributed by atoms with Crippen molar-refractivity contribution in [2.45, 2.75) is 53.4 Å². The molecule has 0 amide bonds. The van der Waals surface area contributed by atoms with E-state index in [4.69, 9.17) is 0 Å². The Labute approximate surface area is 117 Å². The Morgan fingerprint density at radius 3 is 2.32 bits per heavy atom. The van der Waals surface area contributed by atoms with Gasteiger partial charge in [0.1, 0.15) is 18.0 Å². The molecule has 1 unspecified atom stereocenters. The fourth-order valence-electron chi connectivity index (χ4n) is 1.86. The van der Waals surface area contributed by atoms with Crippen molar-refractivity contribution in [3.8, 4) is 0 Å². The molecule has 0 bridgehead atoms. The lowest BCUT2D eigenvalue weighted by atomic mass is 10.1. The normalized spacial score (nSPS) is 12.2. The molecular formula is C15H28N4. The second kappa shape index (κ2) is 8.73. The quantitative estimate of drug-likeness (QED) is 0.714. The smallest absolute Gasteiger partial charge is 0.134 e. The number of hydrogen-bond donors (Lipinski definition) is 2. The van der Waals surface area contributed by atoms with Crippen molar-refractivity contribution in [1.82, 2.24) is 9.97 Å². The summed E-state index contributed by atoms with van der Waals surface area (Å²) in [6.07, 6.45) is 6.05. The third-order valence-corrected chi connectivity index (χ3v) is 3.30. The van der Waals surface area contributed by atoms with Crippen molar-refractivity contribution in [1.29, 1.82) is 0 Å². The van der Waals surface area contributed by atoms with E-state index < -0.39 is 0 Å². The largest absolute Gasteiger partial charge is 0.370 e. The monoisotopic (exact) mass is 264 g/mol. The minimum Gasteiger partial charge on any atom is -0.370 e. The molecule has 0 radical (unpaired) electrons. The van der Waals surface area contributed by atoms with Crippen LogP contribution in [0.2, 0.25) is 0 Å². The molecule has 0 spiro atoms. The zero-order chi connectivity index (χ0) is 14.1. The van der Waals surface area contributed by atoms with Crippen LogP contribution in [0.15, 0.2) is 6.33 Å². The molecule has 0 aliphatic heterocycles. The van der Waals surface area contributed by atoms with Crippen LogP contribution in [0.25, 0.3) is 0 Å². The molecule has 4 nitrogen and oxygen atoms in total. The maximum absolute atomic E-state index is 4.41.